The van der Waals surface area contributed by atoms with Gasteiger partial charge in [0.05, 0.1) is 25.2 Å². The molecule has 3 aromatic rings. The molecule has 0 aliphatic rings. The minimum atomic E-state index is -0.426. The molecule has 1 N–H and O–H groups in total. The van der Waals surface area contributed by atoms with Gasteiger partial charge in [-0.25, -0.2) is 0 Å². The highest BCUT2D eigenvalue weighted by Crippen LogP contribution is 2.18. The number of hydrazone groups is 1. The summed E-state index contributed by atoms with van der Waals surface area (Å²) in [5.41, 5.74) is 4.07. The summed E-state index contributed by atoms with van der Waals surface area (Å²) < 4.78 is 6.48. The first-order valence-corrected chi connectivity index (χ1v) is 7.84. The van der Waals surface area contributed by atoms with E-state index in [1.807, 2.05) is 42.5 Å². The third-order valence-corrected chi connectivity index (χ3v) is 3.81. The molecule has 7 heteroatoms. The Morgan fingerprint density at radius 3 is 2.64 bits per heavy atom. The zero-order chi connectivity index (χ0) is 17.6. The predicted molar refractivity (Wildman–Crippen MR) is 99.1 cm³/mol. The van der Waals surface area contributed by atoms with Crippen LogP contribution in [0.25, 0.3) is 5.69 Å². The number of aromatic nitrogens is 2. The lowest BCUT2D eigenvalue weighted by molar-refractivity contribution is 0.414. The molecule has 0 aliphatic heterocycles. The van der Waals surface area contributed by atoms with Crippen LogP contribution >= 0.6 is 11.6 Å². The van der Waals surface area contributed by atoms with Crippen molar-refractivity contribution in [1.82, 2.24) is 9.78 Å². The fraction of sp³-hybridized carbons (Fsp3) is 0.0556. The Labute approximate surface area is 149 Å². The van der Waals surface area contributed by atoms with Gasteiger partial charge in [0.2, 0.25) is 0 Å². The minimum Gasteiger partial charge on any atom is -0.496 e. The van der Waals surface area contributed by atoms with Crippen molar-refractivity contribution in [2.75, 3.05) is 12.5 Å². The van der Waals surface area contributed by atoms with Crippen molar-refractivity contribution < 1.29 is 4.74 Å². The van der Waals surface area contributed by atoms with Crippen molar-refractivity contribution >= 4 is 23.5 Å². The summed E-state index contributed by atoms with van der Waals surface area (Å²) in [6.07, 6.45) is 3.04. The lowest BCUT2D eigenvalue weighted by atomic mass is 10.2. The molecule has 1 heterocycles. The van der Waals surface area contributed by atoms with E-state index in [0.29, 0.717) is 17.1 Å². The number of halogens is 1. The summed E-state index contributed by atoms with van der Waals surface area (Å²) in [4.78, 5) is 12.4. The zero-order valence-corrected chi connectivity index (χ0v) is 14.1. The molecule has 1 aromatic heterocycles. The van der Waals surface area contributed by atoms with Crippen molar-refractivity contribution in [2.24, 2.45) is 5.10 Å². The number of nitrogens with zero attached hydrogens (tertiary/aromatic N) is 3. The van der Waals surface area contributed by atoms with Gasteiger partial charge in [0, 0.05) is 5.56 Å². The van der Waals surface area contributed by atoms with E-state index in [1.54, 1.807) is 25.5 Å². The molecular weight excluding hydrogens is 340 g/mol. The minimum absolute atomic E-state index is 0.0102. The van der Waals surface area contributed by atoms with Crippen molar-refractivity contribution in [2.45, 2.75) is 0 Å². The molecule has 6 nitrogen and oxygen atoms in total. The van der Waals surface area contributed by atoms with Gasteiger partial charge in [0.25, 0.3) is 5.56 Å². The fourth-order valence-electron chi connectivity index (χ4n) is 2.21. The number of rotatable bonds is 5. The number of hydrogen-bond donors (Lipinski definition) is 1. The summed E-state index contributed by atoms with van der Waals surface area (Å²) in [6, 6.07) is 16.5. The van der Waals surface area contributed by atoms with E-state index in [-0.39, 0.29) is 5.02 Å². The highest BCUT2D eigenvalue weighted by atomic mass is 35.5. The largest absolute Gasteiger partial charge is 0.496 e. The van der Waals surface area contributed by atoms with Gasteiger partial charge in [0.15, 0.2) is 0 Å². The van der Waals surface area contributed by atoms with Crippen LogP contribution in [-0.4, -0.2) is 23.1 Å². The monoisotopic (exact) mass is 354 g/mol. The average Bonchev–Trinajstić information content (AvgIpc) is 2.66. The van der Waals surface area contributed by atoms with E-state index >= 15 is 0 Å². The molecule has 0 spiro atoms. The Bertz CT molecular complexity index is 955. The third-order valence-electron chi connectivity index (χ3n) is 3.45. The zero-order valence-electron chi connectivity index (χ0n) is 13.4. The summed E-state index contributed by atoms with van der Waals surface area (Å²) in [5, 5.41) is 8.23. The molecule has 0 aliphatic carbocycles. The topological polar surface area (TPSA) is 68.5 Å². The standard InChI is InChI=1S/C18H15ClN4O2/c1-25-16-10-6-5-7-13(16)11-20-22-15-12-21-23(18(24)17(15)19)14-8-3-2-4-9-14/h2-12,22H,1H3/b20-11-. The van der Waals surface area contributed by atoms with Crippen LogP contribution in [-0.2, 0) is 0 Å². The summed E-state index contributed by atoms with van der Waals surface area (Å²) >= 11 is 6.15. The molecule has 0 radical (unpaired) electrons. The van der Waals surface area contributed by atoms with E-state index in [1.165, 1.54) is 10.9 Å². The van der Waals surface area contributed by atoms with E-state index in [9.17, 15) is 4.79 Å². The van der Waals surface area contributed by atoms with Gasteiger partial charge in [-0.15, -0.1) is 0 Å². The first kappa shape index (κ1) is 16.7. The Kier molecular flexibility index (Phi) is 5.11. The SMILES string of the molecule is COc1ccccc1/C=N\Nc1cnn(-c2ccccc2)c(=O)c1Cl. The Morgan fingerprint density at radius 1 is 1.16 bits per heavy atom. The highest BCUT2D eigenvalue weighted by Gasteiger charge is 2.10. The lowest BCUT2D eigenvalue weighted by Crippen LogP contribution is -2.22. The first-order valence-electron chi connectivity index (χ1n) is 7.46. The first-order chi connectivity index (χ1) is 12.2. The molecule has 0 fully saturated rings. The van der Waals surface area contributed by atoms with Gasteiger partial charge in [-0.2, -0.15) is 14.9 Å². The second kappa shape index (κ2) is 7.63. The summed E-state index contributed by atoms with van der Waals surface area (Å²) in [5.74, 6) is 0.691. The van der Waals surface area contributed by atoms with Crippen molar-refractivity contribution in [1.29, 1.82) is 0 Å². The molecule has 0 unspecified atom stereocenters. The average molecular weight is 355 g/mol. The van der Waals surface area contributed by atoms with Gasteiger partial charge in [-0.3, -0.25) is 10.2 Å². The summed E-state index contributed by atoms with van der Waals surface area (Å²) in [6.45, 7) is 0. The number of nitrogens with one attached hydrogen (secondary N) is 1. The van der Waals surface area contributed by atoms with Crippen LogP contribution in [0.1, 0.15) is 5.56 Å². The molecule has 3 rings (SSSR count). The Morgan fingerprint density at radius 2 is 1.88 bits per heavy atom. The van der Waals surface area contributed by atoms with E-state index in [2.05, 4.69) is 15.6 Å². The maximum atomic E-state index is 12.4. The summed E-state index contributed by atoms with van der Waals surface area (Å²) in [7, 11) is 1.59. The van der Waals surface area contributed by atoms with Crippen LogP contribution in [0.3, 0.4) is 0 Å². The van der Waals surface area contributed by atoms with Crippen LogP contribution in [0.5, 0.6) is 5.75 Å². The third kappa shape index (κ3) is 3.70. The van der Waals surface area contributed by atoms with Gasteiger partial charge >= 0.3 is 0 Å². The van der Waals surface area contributed by atoms with Crippen molar-refractivity contribution in [3.63, 3.8) is 0 Å². The van der Waals surface area contributed by atoms with Crippen LogP contribution in [0.4, 0.5) is 5.69 Å². The molecule has 0 bridgehead atoms. The number of anilines is 1. The molecular formula is C18H15ClN4O2. The predicted octanol–water partition coefficient (Wildman–Crippen LogP) is 3.34. The van der Waals surface area contributed by atoms with Crippen molar-refractivity contribution in [3.05, 3.63) is 81.7 Å². The maximum Gasteiger partial charge on any atom is 0.292 e. The quantitative estimate of drug-likeness (QED) is 0.563. The van der Waals surface area contributed by atoms with Gasteiger partial charge in [-0.1, -0.05) is 41.9 Å². The number of para-hydroxylation sites is 2. The van der Waals surface area contributed by atoms with Crippen LogP contribution < -0.4 is 15.7 Å². The molecule has 126 valence electrons. The smallest absolute Gasteiger partial charge is 0.292 e. The highest BCUT2D eigenvalue weighted by molar-refractivity contribution is 6.32. The lowest BCUT2D eigenvalue weighted by Gasteiger charge is -2.08. The Balaban J connectivity index is 1.83. The molecule has 25 heavy (non-hydrogen) atoms. The maximum absolute atomic E-state index is 12.4. The number of methoxy groups -OCH3 is 1. The molecule has 2 aromatic carbocycles. The molecule has 0 amide bonds. The number of benzene rings is 2. The van der Waals surface area contributed by atoms with Crippen LogP contribution in [0.2, 0.25) is 5.02 Å². The van der Waals surface area contributed by atoms with E-state index in [4.69, 9.17) is 16.3 Å². The second-order valence-electron chi connectivity index (χ2n) is 5.04. The number of ether oxygens (including phenoxy) is 1. The normalized spacial score (nSPS) is 10.8. The Hall–Kier alpha value is -3.12. The van der Waals surface area contributed by atoms with E-state index < -0.39 is 5.56 Å². The second-order valence-corrected chi connectivity index (χ2v) is 5.41. The molecule has 0 saturated heterocycles. The van der Waals surface area contributed by atoms with Gasteiger partial charge < -0.3 is 4.74 Å². The molecule has 0 atom stereocenters. The number of hydrogen-bond acceptors (Lipinski definition) is 5. The fourth-order valence-corrected chi connectivity index (χ4v) is 2.38. The van der Waals surface area contributed by atoms with Gasteiger partial charge in [-0.05, 0) is 24.3 Å². The van der Waals surface area contributed by atoms with Crippen molar-refractivity contribution in [3.8, 4) is 11.4 Å². The van der Waals surface area contributed by atoms with Crippen LogP contribution in [0.15, 0.2) is 70.7 Å². The van der Waals surface area contributed by atoms with Gasteiger partial charge in [0.1, 0.15) is 16.5 Å². The van der Waals surface area contributed by atoms with Crippen LogP contribution in [0, 0.1) is 0 Å². The van der Waals surface area contributed by atoms with E-state index in [0.717, 1.165) is 5.56 Å². The molecule has 0 saturated carbocycles.